The number of nitrogens with one attached hydrogen (secondary N) is 1. The SMILES string of the molecule is O=C(CCCN1C(=O)c2ccccc2C1=O)Nc1ccc(N2CCCCC2)cc1. The second-order valence-electron chi connectivity index (χ2n) is 7.55. The highest BCUT2D eigenvalue weighted by molar-refractivity contribution is 6.21. The molecule has 150 valence electrons. The van der Waals surface area contributed by atoms with E-state index in [0.29, 0.717) is 17.5 Å². The van der Waals surface area contributed by atoms with Crippen molar-refractivity contribution in [1.29, 1.82) is 0 Å². The van der Waals surface area contributed by atoms with Gasteiger partial charge in [-0.25, -0.2) is 0 Å². The number of carbonyl (C=O) groups excluding carboxylic acids is 3. The summed E-state index contributed by atoms with van der Waals surface area (Å²) in [4.78, 5) is 40.5. The molecule has 0 aliphatic carbocycles. The molecule has 0 bridgehead atoms. The number of hydrogen-bond acceptors (Lipinski definition) is 4. The van der Waals surface area contributed by atoms with Gasteiger partial charge in [0, 0.05) is 37.4 Å². The van der Waals surface area contributed by atoms with Gasteiger partial charge >= 0.3 is 0 Å². The molecule has 0 unspecified atom stereocenters. The molecule has 2 aliphatic rings. The van der Waals surface area contributed by atoms with Gasteiger partial charge in [0.15, 0.2) is 0 Å². The first-order valence-corrected chi connectivity index (χ1v) is 10.2. The van der Waals surface area contributed by atoms with Crippen LogP contribution in [-0.2, 0) is 4.79 Å². The largest absolute Gasteiger partial charge is 0.372 e. The van der Waals surface area contributed by atoms with Crippen molar-refractivity contribution >= 4 is 29.1 Å². The van der Waals surface area contributed by atoms with Gasteiger partial charge in [-0.2, -0.15) is 0 Å². The van der Waals surface area contributed by atoms with Crippen LogP contribution in [0.3, 0.4) is 0 Å². The lowest BCUT2D eigenvalue weighted by Gasteiger charge is -2.28. The van der Waals surface area contributed by atoms with Gasteiger partial charge in [0.05, 0.1) is 11.1 Å². The van der Waals surface area contributed by atoms with Gasteiger partial charge in [-0.1, -0.05) is 12.1 Å². The number of hydrogen-bond donors (Lipinski definition) is 1. The minimum atomic E-state index is -0.278. The number of fused-ring (bicyclic) bond motifs is 1. The number of imide groups is 1. The molecule has 0 spiro atoms. The van der Waals surface area contributed by atoms with E-state index < -0.39 is 0 Å². The lowest BCUT2D eigenvalue weighted by molar-refractivity contribution is -0.116. The van der Waals surface area contributed by atoms with Crippen molar-refractivity contribution in [2.24, 2.45) is 0 Å². The molecule has 0 radical (unpaired) electrons. The minimum absolute atomic E-state index is 0.118. The molecule has 2 heterocycles. The van der Waals surface area contributed by atoms with Gasteiger partial charge in [0.2, 0.25) is 5.91 Å². The average Bonchev–Trinajstić information content (AvgIpc) is 3.00. The Morgan fingerprint density at radius 1 is 0.862 bits per heavy atom. The molecule has 6 nitrogen and oxygen atoms in total. The van der Waals surface area contributed by atoms with E-state index in [2.05, 4.69) is 10.2 Å². The van der Waals surface area contributed by atoms with E-state index in [1.54, 1.807) is 24.3 Å². The van der Waals surface area contributed by atoms with Crippen LogP contribution in [0, 0.1) is 0 Å². The van der Waals surface area contributed by atoms with Gasteiger partial charge in [0.1, 0.15) is 0 Å². The van der Waals surface area contributed by atoms with Crippen LogP contribution in [0.2, 0.25) is 0 Å². The van der Waals surface area contributed by atoms with E-state index in [1.165, 1.54) is 29.8 Å². The molecule has 6 heteroatoms. The van der Waals surface area contributed by atoms with Crippen molar-refractivity contribution in [1.82, 2.24) is 4.90 Å². The maximum atomic E-state index is 12.3. The van der Waals surface area contributed by atoms with Crippen LogP contribution in [-0.4, -0.2) is 42.3 Å². The number of carbonyl (C=O) groups is 3. The van der Waals surface area contributed by atoms with Crippen LogP contribution in [0.15, 0.2) is 48.5 Å². The van der Waals surface area contributed by atoms with Gasteiger partial charge in [0.25, 0.3) is 11.8 Å². The van der Waals surface area contributed by atoms with Crippen molar-refractivity contribution < 1.29 is 14.4 Å². The Morgan fingerprint density at radius 3 is 2.10 bits per heavy atom. The molecule has 0 atom stereocenters. The van der Waals surface area contributed by atoms with Gasteiger partial charge in [-0.15, -0.1) is 0 Å². The Balaban J connectivity index is 1.25. The Hall–Kier alpha value is -3.15. The van der Waals surface area contributed by atoms with Gasteiger partial charge in [-0.3, -0.25) is 19.3 Å². The molecule has 2 aromatic carbocycles. The summed E-state index contributed by atoms with van der Waals surface area (Å²) < 4.78 is 0. The fourth-order valence-corrected chi connectivity index (χ4v) is 3.97. The molecule has 29 heavy (non-hydrogen) atoms. The second-order valence-corrected chi connectivity index (χ2v) is 7.55. The standard InChI is InChI=1S/C23H25N3O3/c27-21(24-17-10-12-18(13-11-17)25-14-4-1-5-15-25)9-6-16-26-22(28)19-7-2-3-8-20(19)23(26)29/h2-3,7-8,10-13H,1,4-6,9,14-16H2,(H,24,27). The summed E-state index contributed by atoms with van der Waals surface area (Å²) >= 11 is 0. The second kappa shape index (κ2) is 8.47. The minimum Gasteiger partial charge on any atom is -0.372 e. The third-order valence-corrected chi connectivity index (χ3v) is 5.54. The average molecular weight is 391 g/mol. The molecule has 2 aromatic rings. The summed E-state index contributed by atoms with van der Waals surface area (Å²) in [7, 11) is 0. The van der Waals surface area contributed by atoms with E-state index in [0.717, 1.165) is 18.8 Å². The normalized spacial score (nSPS) is 16.1. The predicted octanol–water partition coefficient (Wildman–Crippen LogP) is 3.69. The monoisotopic (exact) mass is 391 g/mol. The molecule has 1 saturated heterocycles. The lowest BCUT2D eigenvalue weighted by atomic mass is 10.1. The Bertz CT molecular complexity index is 882. The van der Waals surface area contributed by atoms with Crippen LogP contribution in [0.4, 0.5) is 11.4 Å². The van der Waals surface area contributed by atoms with Crippen molar-refractivity contribution in [2.75, 3.05) is 29.9 Å². The van der Waals surface area contributed by atoms with E-state index in [-0.39, 0.29) is 30.7 Å². The summed E-state index contributed by atoms with van der Waals surface area (Å²) in [5, 5.41) is 2.89. The molecule has 1 N–H and O–H groups in total. The van der Waals surface area contributed by atoms with E-state index >= 15 is 0 Å². The Kier molecular flexibility index (Phi) is 5.60. The van der Waals surface area contributed by atoms with Crippen LogP contribution in [0.25, 0.3) is 0 Å². The summed E-state index contributed by atoms with van der Waals surface area (Å²) in [6.45, 7) is 2.42. The smallest absolute Gasteiger partial charge is 0.261 e. The zero-order valence-corrected chi connectivity index (χ0v) is 16.4. The first-order chi connectivity index (χ1) is 14.1. The van der Waals surface area contributed by atoms with E-state index in [9.17, 15) is 14.4 Å². The van der Waals surface area contributed by atoms with Crippen LogP contribution in [0.5, 0.6) is 0 Å². The first-order valence-electron chi connectivity index (χ1n) is 10.2. The van der Waals surface area contributed by atoms with Crippen LogP contribution in [0.1, 0.15) is 52.8 Å². The maximum Gasteiger partial charge on any atom is 0.261 e. The molecule has 0 saturated carbocycles. The molecule has 0 aromatic heterocycles. The lowest BCUT2D eigenvalue weighted by Crippen LogP contribution is -2.31. The highest BCUT2D eigenvalue weighted by Crippen LogP contribution is 2.23. The number of anilines is 2. The fourth-order valence-electron chi connectivity index (χ4n) is 3.97. The summed E-state index contributed by atoms with van der Waals surface area (Å²) in [5.41, 5.74) is 2.83. The third kappa shape index (κ3) is 4.16. The summed E-state index contributed by atoms with van der Waals surface area (Å²) in [6, 6.07) is 14.7. The molecule has 4 rings (SSSR count). The van der Waals surface area contributed by atoms with Crippen molar-refractivity contribution in [2.45, 2.75) is 32.1 Å². The molecule has 1 fully saturated rings. The highest BCUT2D eigenvalue weighted by Gasteiger charge is 2.34. The highest BCUT2D eigenvalue weighted by atomic mass is 16.2. The number of rotatable bonds is 6. The van der Waals surface area contributed by atoms with E-state index in [1.807, 2.05) is 24.3 Å². The van der Waals surface area contributed by atoms with Gasteiger partial charge in [-0.05, 0) is 62.1 Å². The number of amides is 3. The van der Waals surface area contributed by atoms with Gasteiger partial charge < -0.3 is 10.2 Å². The van der Waals surface area contributed by atoms with Crippen molar-refractivity contribution in [3.8, 4) is 0 Å². The first kappa shape index (κ1) is 19.2. The van der Waals surface area contributed by atoms with Crippen LogP contribution < -0.4 is 10.2 Å². The topological polar surface area (TPSA) is 69.7 Å². The van der Waals surface area contributed by atoms with Crippen molar-refractivity contribution in [3.63, 3.8) is 0 Å². The number of nitrogens with zero attached hydrogens (tertiary/aromatic N) is 2. The molecular formula is C23H25N3O3. The third-order valence-electron chi connectivity index (χ3n) is 5.54. The molecular weight excluding hydrogens is 366 g/mol. The molecule has 3 amide bonds. The quantitative estimate of drug-likeness (QED) is 0.763. The zero-order valence-electron chi connectivity index (χ0n) is 16.4. The Labute approximate surface area is 170 Å². The summed E-state index contributed by atoms with van der Waals surface area (Å²) in [6.07, 6.45) is 4.44. The molecule has 2 aliphatic heterocycles. The predicted molar refractivity (Wildman–Crippen MR) is 112 cm³/mol. The number of benzene rings is 2. The maximum absolute atomic E-state index is 12.3. The van der Waals surface area contributed by atoms with Crippen LogP contribution >= 0.6 is 0 Å². The fraction of sp³-hybridized carbons (Fsp3) is 0.348. The number of piperidine rings is 1. The van der Waals surface area contributed by atoms with Crippen molar-refractivity contribution in [3.05, 3.63) is 59.7 Å². The Morgan fingerprint density at radius 2 is 1.48 bits per heavy atom. The van der Waals surface area contributed by atoms with E-state index in [4.69, 9.17) is 0 Å². The summed E-state index contributed by atoms with van der Waals surface area (Å²) in [5.74, 6) is -0.675. The zero-order chi connectivity index (χ0) is 20.2.